The average Bonchev–Trinajstić information content (AvgIpc) is 2.38. The summed E-state index contributed by atoms with van der Waals surface area (Å²) < 4.78 is 37.8. The molecule has 0 fully saturated rings. The zero-order valence-electron chi connectivity index (χ0n) is 10.0. The van der Waals surface area contributed by atoms with Crippen LogP contribution < -0.4 is 5.32 Å². The Hall–Kier alpha value is -2.19. The van der Waals surface area contributed by atoms with E-state index in [1.807, 2.05) is 6.07 Å². The molecule has 102 valence electrons. The molecule has 1 N–H and O–H groups in total. The Morgan fingerprint density at radius 2 is 1.75 bits per heavy atom. The summed E-state index contributed by atoms with van der Waals surface area (Å²) in [5, 5.41) is 11.8. The molecule has 0 unspecified atom stereocenters. The normalized spacial score (nSPS) is 10.9. The number of rotatable bonds is 2. The van der Waals surface area contributed by atoms with Crippen molar-refractivity contribution in [3.8, 4) is 6.07 Å². The second kappa shape index (κ2) is 5.43. The van der Waals surface area contributed by atoms with Gasteiger partial charge < -0.3 is 5.32 Å². The van der Waals surface area contributed by atoms with Gasteiger partial charge in [0.25, 0.3) is 0 Å². The first-order valence-corrected chi connectivity index (χ1v) is 5.92. The number of hydrogen-bond acceptors (Lipinski definition) is 2. The summed E-state index contributed by atoms with van der Waals surface area (Å²) >= 11 is 5.86. The van der Waals surface area contributed by atoms with Crippen molar-refractivity contribution in [2.45, 2.75) is 6.18 Å². The zero-order valence-corrected chi connectivity index (χ0v) is 10.8. The summed E-state index contributed by atoms with van der Waals surface area (Å²) in [4.78, 5) is 0. The molecule has 0 aromatic heterocycles. The third-order valence-corrected chi connectivity index (χ3v) is 2.88. The molecule has 6 heteroatoms. The van der Waals surface area contributed by atoms with Crippen LogP contribution in [0.15, 0.2) is 42.5 Å². The maximum absolute atomic E-state index is 12.6. The number of nitrogens with zero attached hydrogens (tertiary/aromatic N) is 1. The monoisotopic (exact) mass is 296 g/mol. The predicted octanol–water partition coefficient (Wildman–Crippen LogP) is 4.97. The molecule has 20 heavy (non-hydrogen) atoms. The maximum atomic E-state index is 12.6. The molecule has 0 radical (unpaired) electrons. The highest BCUT2D eigenvalue weighted by Crippen LogP contribution is 2.31. The first-order chi connectivity index (χ1) is 9.40. The number of anilines is 2. The Balaban J connectivity index is 2.27. The van der Waals surface area contributed by atoms with Gasteiger partial charge in [-0.1, -0.05) is 17.7 Å². The molecule has 0 aliphatic rings. The van der Waals surface area contributed by atoms with E-state index >= 15 is 0 Å². The fourth-order valence-electron chi connectivity index (χ4n) is 1.62. The van der Waals surface area contributed by atoms with E-state index in [0.717, 1.165) is 12.1 Å². The number of halogens is 4. The van der Waals surface area contributed by atoms with Gasteiger partial charge in [-0.05, 0) is 36.4 Å². The Bertz CT molecular complexity index is 675. The molecule has 0 saturated heterocycles. The molecule has 0 spiro atoms. The van der Waals surface area contributed by atoms with Crippen LogP contribution in [0, 0.1) is 11.3 Å². The SMILES string of the molecule is N#Cc1ccc(Nc2cccc(C(F)(F)F)c2)cc1Cl. The molecule has 2 nitrogen and oxygen atoms in total. The summed E-state index contributed by atoms with van der Waals surface area (Å²) in [7, 11) is 0. The van der Waals surface area contributed by atoms with Gasteiger partial charge >= 0.3 is 6.18 Å². The Morgan fingerprint density at radius 1 is 1.05 bits per heavy atom. The average molecular weight is 297 g/mol. The highest BCUT2D eigenvalue weighted by Gasteiger charge is 2.30. The highest BCUT2D eigenvalue weighted by molar-refractivity contribution is 6.32. The largest absolute Gasteiger partial charge is 0.416 e. The van der Waals surface area contributed by atoms with Crippen LogP contribution in [0.1, 0.15) is 11.1 Å². The first-order valence-electron chi connectivity index (χ1n) is 5.54. The minimum absolute atomic E-state index is 0.240. The first kappa shape index (κ1) is 14.2. The van der Waals surface area contributed by atoms with E-state index in [9.17, 15) is 13.2 Å². The van der Waals surface area contributed by atoms with Crippen LogP contribution in [-0.4, -0.2) is 0 Å². The van der Waals surface area contributed by atoms with Crippen molar-refractivity contribution in [3.63, 3.8) is 0 Å². The third-order valence-electron chi connectivity index (χ3n) is 2.57. The Kier molecular flexibility index (Phi) is 3.86. The van der Waals surface area contributed by atoms with Crippen molar-refractivity contribution in [3.05, 3.63) is 58.6 Å². The van der Waals surface area contributed by atoms with E-state index in [4.69, 9.17) is 16.9 Å². The van der Waals surface area contributed by atoms with Gasteiger partial charge in [0.15, 0.2) is 0 Å². The van der Waals surface area contributed by atoms with Gasteiger partial charge in [0.1, 0.15) is 6.07 Å². The lowest BCUT2D eigenvalue weighted by atomic mass is 10.1. The van der Waals surface area contributed by atoms with E-state index in [-0.39, 0.29) is 5.02 Å². The fourth-order valence-corrected chi connectivity index (χ4v) is 1.85. The number of nitrogens with one attached hydrogen (secondary N) is 1. The molecule has 0 atom stereocenters. The summed E-state index contributed by atoms with van der Waals surface area (Å²) in [6, 6.07) is 11.3. The summed E-state index contributed by atoms with van der Waals surface area (Å²) in [5.41, 5.74) is 0.373. The van der Waals surface area contributed by atoms with Crippen molar-refractivity contribution in [2.24, 2.45) is 0 Å². The van der Waals surface area contributed by atoms with Crippen LogP contribution in [0.3, 0.4) is 0 Å². The van der Waals surface area contributed by atoms with Crippen molar-refractivity contribution in [2.75, 3.05) is 5.32 Å². The smallest absolute Gasteiger partial charge is 0.355 e. The molecule has 2 aromatic rings. The predicted molar refractivity (Wildman–Crippen MR) is 70.9 cm³/mol. The summed E-state index contributed by atoms with van der Waals surface area (Å²) in [6.07, 6.45) is -4.39. The molecule has 0 saturated carbocycles. The minimum Gasteiger partial charge on any atom is -0.355 e. The van der Waals surface area contributed by atoms with Gasteiger partial charge in [-0.25, -0.2) is 0 Å². The topological polar surface area (TPSA) is 35.8 Å². The zero-order chi connectivity index (χ0) is 14.8. The molecular weight excluding hydrogens is 289 g/mol. The van der Waals surface area contributed by atoms with Crippen molar-refractivity contribution in [1.29, 1.82) is 5.26 Å². The van der Waals surface area contributed by atoms with Crippen LogP contribution in [0.5, 0.6) is 0 Å². The van der Waals surface area contributed by atoms with Crippen LogP contribution in [0.2, 0.25) is 5.02 Å². The van der Waals surface area contributed by atoms with Gasteiger partial charge in [-0.3, -0.25) is 0 Å². The lowest BCUT2D eigenvalue weighted by Crippen LogP contribution is -2.05. The maximum Gasteiger partial charge on any atom is 0.416 e. The molecule has 0 amide bonds. The molecule has 0 aliphatic carbocycles. The third kappa shape index (κ3) is 3.22. The van der Waals surface area contributed by atoms with Crippen LogP contribution in [0.25, 0.3) is 0 Å². The fraction of sp³-hybridized carbons (Fsp3) is 0.0714. The van der Waals surface area contributed by atoms with E-state index in [2.05, 4.69) is 5.32 Å². The van der Waals surface area contributed by atoms with Crippen molar-refractivity contribution < 1.29 is 13.2 Å². The molecule has 0 bridgehead atoms. The minimum atomic E-state index is -4.39. The van der Waals surface area contributed by atoms with Crippen LogP contribution >= 0.6 is 11.6 Å². The number of hydrogen-bond donors (Lipinski definition) is 1. The molecule has 0 aliphatic heterocycles. The Labute approximate surface area is 118 Å². The highest BCUT2D eigenvalue weighted by atomic mass is 35.5. The van der Waals surface area contributed by atoms with Crippen molar-refractivity contribution in [1.82, 2.24) is 0 Å². The van der Waals surface area contributed by atoms with Gasteiger partial charge in [0, 0.05) is 11.4 Å². The van der Waals surface area contributed by atoms with E-state index in [1.54, 1.807) is 6.07 Å². The molecular formula is C14H8ClF3N2. The number of nitriles is 1. The van der Waals surface area contributed by atoms with Gasteiger partial charge in [0.05, 0.1) is 16.1 Å². The van der Waals surface area contributed by atoms with Gasteiger partial charge in [-0.2, -0.15) is 18.4 Å². The van der Waals surface area contributed by atoms with Crippen LogP contribution in [0.4, 0.5) is 24.5 Å². The molecule has 0 heterocycles. The van der Waals surface area contributed by atoms with Crippen LogP contribution in [-0.2, 0) is 6.18 Å². The number of benzene rings is 2. The summed E-state index contributed by atoms with van der Waals surface area (Å²) in [5.74, 6) is 0. The van der Waals surface area contributed by atoms with Crippen molar-refractivity contribution >= 4 is 23.0 Å². The molecule has 2 rings (SSSR count). The Morgan fingerprint density at radius 3 is 2.35 bits per heavy atom. The van der Waals surface area contributed by atoms with E-state index in [0.29, 0.717) is 16.9 Å². The lowest BCUT2D eigenvalue weighted by Gasteiger charge is -2.11. The van der Waals surface area contributed by atoms with E-state index < -0.39 is 11.7 Å². The molecule has 2 aromatic carbocycles. The van der Waals surface area contributed by atoms with Gasteiger partial charge in [-0.15, -0.1) is 0 Å². The second-order valence-corrected chi connectivity index (χ2v) is 4.42. The number of alkyl halides is 3. The second-order valence-electron chi connectivity index (χ2n) is 4.01. The quantitative estimate of drug-likeness (QED) is 0.849. The standard InChI is InChI=1S/C14H8ClF3N2/c15-13-7-12(5-4-9(13)8-19)20-11-3-1-2-10(6-11)14(16,17)18/h1-7,20H. The van der Waals surface area contributed by atoms with Gasteiger partial charge in [0.2, 0.25) is 0 Å². The lowest BCUT2D eigenvalue weighted by molar-refractivity contribution is -0.137. The summed E-state index contributed by atoms with van der Waals surface area (Å²) in [6.45, 7) is 0. The van der Waals surface area contributed by atoms with E-state index in [1.165, 1.54) is 24.3 Å².